The summed E-state index contributed by atoms with van der Waals surface area (Å²) in [4.78, 5) is 13.7. The van der Waals surface area contributed by atoms with Gasteiger partial charge in [0.2, 0.25) is 5.91 Å². The van der Waals surface area contributed by atoms with E-state index in [-0.39, 0.29) is 30.8 Å². The number of hydrogen-bond acceptors (Lipinski definition) is 3. The lowest BCUT2D eigenvalue weighted by Gasteiger charge is -2.35. The maximum Gasteiger partial charge on any atom is 0.226 e. The molecule has 0 spiro atoms. The number of ether oxygens (including phenoxy) is 1. The fourth-order valence-corrected chi connectivity index (χ4v) is 2.72. The van der Waals surface area contributed by atoms with Gasteiger partial charge in [0.1, 0.15) is 11.6 Å². The van der Waals surface area contributed by atoms with Gasteiger partial charge in [-0.15, -0.1) is 0 Å². The molecule has 1 aromatic carbocycles. The van der Waals surface area contributed by atoms with Crippen LogP contribution in [0.5, 0.6) is 5.75 Å². The van der Waals surface area contributed by atoms with E-state index in [4.69, 9.17) is 4.74 Å². The van der Waals surface area contributed by atoms with Crippen LogP contribution in [0.25, 0.3) is 0 Å². The number of hydrogen-bond donors (Lipinski definition) is 1. The third-order valence-electron chi connectivity index (χ3n) is 3.97. The molecule has 1 amide bonds. The van der Waals surface area contributed by atoms with Crippen molar-refractivity contribution in [2.75, 3.05) is 13.7 Å². The van der Waals surface area contributed by atoms with Crippen molar-refractivity contribution in [3.8, 4) is 5.75 Å². The van der Waals surface area contributed by atoms with Gasteiger partial charge in [0.15, 0.2) is 0 Å². The van der Waals surface area contributed by atoms with E-state index in [1.807, 2.05) is 0 Å². The monoisotopic (exact) mass is 295 g/mol. The zero-order valence-corrected chi connectivity index (χ0v) is 12.3. The Morgan fingerprint density at radius 2 is 2.19 bits per heavy atom. The molecule has 0 radical (unpaired) electrons. The molecular weight excluding hydrogens is 273 g/mol. The fourth-order valence-electron chi connectivity index (χ4n) is 2.72. The van der Waals surface area contributed by atoms with Gasteiger partial charge in [0.05, 0.1) is 25.2 Å². The van der Waals surface area contributed by atoms with Crippen molar-refractivity contribution in [1.82, 2.24) is 4.90 Å². The number of likely N-dealkylation sites (N-methyl/N-ethyl adjacent to an activating group) is 1. The molecule has 5 heteroatoms. The first-order chi connectivity index (χ1) is 10.1. The van der Waals surface area contributed by atoms with Crippen molar-refractivity contribution in [2.45, 2.75) is 44.2 Å². The van der Waals surface area contributed by atoms with Gasteiger partial charge < -0.3 is 14.7 Å². The molecule has 1 aliphatic rings. The quantitative estimate of drug-likeness (QED) is 0.907. The SMILES string of the molecule is CN(C(=O)CCOc1cccc(F)c1)C1CCCCC1O. The molecule has 1 N–H and O–H groups in total. The van der Waals surface area contributed by atoms with Crippen LogP contribution in [-0.4, -0.2) is 41.7 Å². The number of halogens is 1. The highest BCUT2D eigenvalue weighted by molar-refractivity contribution is 5.76. The number of benzene rings is 1. The first kappa shape index (κ1) is 15.8. The molecule has 1 aliphatic carbocycles. The second kappa shape index (κ2) is 7.41. The largest absolute Gasteiger partial charge is 0.493 e. The van der Waals surface area contributed by atoms with Crippen molar-refractivity contribution < 1.29 is 19.0 Å². The molecule has 0 bridgehead atoms. The molecule has 21 heavy (non-hydrogen) atoms. The minimum Gasteiger partial charge on any atom is -0.493 e. The van der Waals surface area contributed by atoms with E-state index in [1.165, 1.54) is 12.1 Å². The van der Waals surface area contributed by atoms with Gasteiger partial charge in [-0.2, -0.15) is 0 Å². The third kappa shape index (κ3) is 4.43. The van der Waals surface area contributed by atoms with Gasteiger partial charge in [0.25, 0.3) is 0 Å². The average Bonchev–Trinajstić information content (AvgIpc) is 2.47. The first-order valence-corrected chi connectivity index (χ1v) is 7.40. The maximum atomic E-state index is 13.0. The Kier molecular flexibility index (Phi) is 5.56. The highest BCUT2D eigenvalue weighted by Gasteiger charge is 2.29. The first-order valence-electron chi connectivity index (χ1n) is 7.40. The Balaban J connectivity index is 1.78. The fraction of sp³-hybridized carbons (Fsp3) is 0.562. The van der Waals surface area contributed by atoms with Crippen LogP contribution in [-0.2, 0) is 4.79 Å². The van der Waals surface area contributed by atoms with Crippen LogP contribution in [0.15, 0.2) is 24.3 Å². The van der Waals surface area contributed by atoms with Gasteiger partial charge in [-0.05, 0) is 25.0 Å². The molecule has 2 atom stereocenters. The van der Waals surface area contributed by atoms with Gasteiger partial charge in [-0.25, -0.2) is 4.39 Å². The van der Waals surface area contributed by atoms with E-state index in [1.54, 1.807) is 24.1 Å². The molecule has 4 nitrogen and oxygen atoms in total. The van der Waals surface area contributed by atoms with Crippen LogP contribution in [0.3, 0.4) is 0 Å². The third-order valence-corrected chi connectivity index (χ3v) is 3.97. The summed E-state index contributed by atoms with van der Waals surface area (Å²) in [7, 11) is 1.73. The molecular formula is C16H22FNO3. The summed E-state index contributed by atoms with van der Waals surface area (Å²) in [6.07, 6.45) is 3.44. The summed E-state index contributed by atoms with van der Waals surface area (Å²) >= 11 is 0. The Morgan fingerprint density at radius 1 is 1.43 bits per heavy atom. The lowest BCUT2D eigenvalue weighted by atomic mass is 9.91. The van der Waals surface area contributed by atoms with E-state index in [0.29, 0.717) is 5.75 Å². The van der Waals surface area contributed by atoms with Gasteiger partial charge >= 0.3 is 0 Å². The molecule has 0 heterocycles. The Bertz CT molecular complexity index is 480. The van der Waals surface area contributed by atoms with Crippen molar-refractivity contribution in [2.24, 2.45) is 0 Å². The van der Waals surface area contributed by atoms with E-state index < -0.39 is 6.10 Å². The van der Waals surface area contributed by atoms with E-state index in [2.05, 4.69) is 0 Å². The molecule has 0 aliphatic heterocycles. The van der Waals surface area contributed by atoms with Gasteiger partial charge in [-0.1, -0.05) is 18.9 Å². The van der Waals surface area contributed by atoms with Crippen LogP contribution in [0.4, 0.5) is 4.39 Å². The number of nitrogens with zero attached hydrogens (tertiary/aromatic N) is 1. The molecule has 2 rings (SSSR count). The summed E-state index contributed by atoms with van der Waals surface area (Å²) in [5.74, 6) is 0.00165. The standard InChI is InChI=1S/C16H22FNO3/c1-18(14-7-2-3-8-15(14)19)16(20)9-10-21-13-6-4-5-12(17)11-13/h4-6,11,14-15,19H,2-3,7-10H2,1H3. The number of amides is 1. The molecule has 1 fully saturated rings. The maximum absolute atomic E-state index is 13.0. The summed E-state index contributed by atoms with van der Waals surface area (Å²) in [5, 5.41) is 9.96. The number of carbonyl (C=O) groups excluding carboxylic acids is 1. The lowest BCUT2D eigenvalue weighted by molar-refractivity contribution is -0.135. The van der Waals surface area contributed by atoms with Crippen molar-refractivity contribution >= 4 is 5.91 Å². The summed E-state index contributed by atoms with van der Waals surface area (Å²) in [5.41, 5.74) is 0. The number of aliphatic hydroxyl groups excluding tert-OH is 1. The minimum atomic E-state index is -0.433. The van der Waals surface area contributed by atoms with Crippen LogP contribution in [0.1, 0.15) is 32.1 Å². The molecule has 0 aromatic heterocycles. The predicted molar refractivity (Wildman–Crippen MR) is 77.5 cm³/mol. The normalized spacial score (nSPS) is 21.9. The Hall–Kier alpha value is -1.62. The summed E-state index contributed by atoms with van der Waals surface area (Å²) in [6.45, 7) is 0.204. The topological polar surface area (TPSA) is 49.8 Å². The summed E-state index contributed by atoms with van der Waals surface area (Å²) in [6, 6.07) is 5.76. The Morgan fingerprint density at radius 3 is 2.90 bits per heavy atom. The Labute approximate surface area is 124 Å². The average molecular weight is 295 g/mol. The molecule has 2 unspecified atom stereocenters. The van der Waals surface area contributed by atoms with Crippen LogP contribution in [0, 0.1) is 5.82 Å². The van der Waals surface area contributed by atoms with Crippen molar-refractivity contribution in [3.63, 3.8) is 0 Å². The smallest absolute Gasteiger partial charge is 0.226 e. The molecule has 116 valence electrons. The number of carbonyl (C=O) groups is 1. The highest BCUT2D eigenvalue weighted by atomic mass is 19.1. The zero-order chi connectivity index (χ0) is 15.2. The van der Waals surface area contributed by atoms with Gasteiger partial charge in [-0.3, -0.25) is 4.79 Å². The molecule has 0 saturated heterocycles. The number of aliphatic hydroxyl groups is 1. The minimum absolute atomic E-state index is 0.0580. The predicted octanol–water partition coefficient (Wildman–Crippen LogP) is 2.36. The van der Waals surface area contributed by atoms with Crippen LogP contribution in [0.2, 0.25) is 0 Å². The second-order valence-corrected chi connectivity index (χ2v) is 5.48. The lowest BCUT2D eigenvalue weighted by Crippen LogP contribution is -2.46. The molecule has 1 aromatic rings. The van der Waals surface area contributed by atoms with Crippen LogP contribution < -0.4 is 4.74 Å². The van der Waals surface area contributed by atoms with E-state index in [9.17, 15) is 14.3 Å². The van der Waals surface area contributed by atoms with Gasteiger partial charge in [0, 0.05) is 13.1 Å². The molecule has 1 saturated carbocycles. The van der Waals surface area contributed by atoms with Crippen molar-refractivity contribution in [3.05, 3.63) is 30.1 Å². The second-order valence-electron chi connectivity index (χ2n) is 5.48. The zero-order valence-electron chi connectivity index (χ0n) is 12.3. The van der Waals surface area contributed by atoms with Crippen LogP contribution >= 0.6 is 0 Å². The van der Waals surface area contributed by atoms with E-state index in [0.717, 1.165) is 25.7 Å². The number of rotatable bonds is 5. The van der Waals surface area contributed by atoms with E-state index >= 15 is 0 Å². The van der Waals surface area contributed by atoms with Crippen molar-refractivity contribution in [1.29, 1.82) is 0 Å². The summed E-state index contributed by atoms with van der Waals surface area (Å²) < 4.78 is 18.4. The highest BCUT2D eigenvalue weighted by Crippen LogP contribution is 2.22.